The molecule has 6 atom stereocenters. The van der Waals surface area contributed by atoms with Gasteiger partial charge in [0.25, 0.3) is 0 Å². The molecule has 11 N–H and O–H groups in total. The largest absolute Gasteiger partial charge is 0.508 e. The number of phenols is 1. The van der Waals surface area contributed by atoms with Crippen LogP contribution in [0.3, 0.4) is 0 Å². The number of carbonyl (C=O) groups is 9. The van der Waals surface area contributed by atoms with Crippen molar-refractivity contribution in [3.05, 3.63) is 77.1 Å². The second-order valence-corrected chi connectivity index (χ2v) is 16.3. The third-order valence-corrected chi connectivity index (χ3v) is 10.8. The first kappa shape index (κ1) is 51.1. The van der Waals surface area contributed by atoms with Crippen molar-refractivity contribution in [3.63, 3.8) is 0 Å². The number of nitrogens with two attached hydrogens (primary N) is 1. The van der Waals surface area contributed by atoms with E-state index in [4.69, 9.17) is 25.8 Å². The number of hydrogen-bond acceptors (Lipinski definition) is 19. The van der Waals surface area contributed by atoms with Crippen molar-refractivity contribution in [2.45, 2.75) is 56.1 Å². The summed E-state index contributed by atoms with van der Waals surface area (Å²) in [7, 11) is -5.36. The average Bonchev–Trinajstić information content (AvgIpc) is 3.22. The second kappa shape index (κ2) is 23.4. The lowest BCUT2D eigenvalue weighted by Crippen LogP contribution is -2.45. The Balaban J connectivity index is 1.35. The zero-order valence-electron chi connectivity index (χ0n) is 33.5. The summed E-state index contributed by atoms with van der Waals surface area (Å²) >= 11 is 0.916. The van der Waals surface area contributed by atoms with Crippen LogP contribution in [0.5, 0.6) is 11.5 Å². The minimum Gasteiger partial charge on any atom is -0.508 e. The van der Waals surface area contributed by atoms with E-state index in [1.165, 1.54) is 42.5 Å². The summed E-state index contributed by atoms with van der Waals surface area (Å²) in [6.45, 7) is -1.24. The standard InChI is InChI=1S/C38H41N4O21PS/c39-25(36(52)53)7-10-33(49)61-38(56)27(16-59-64(57,58)63-62-42-26(37(54)55)8-9-32(47)48)41-30(45)11-12-65-17-31(46)40-18-1-4-21(24(13-18)35(50)51)34-22-5-2-19(43)14-28(22)60-29-15-20(44)3-6-23(29)34/h1-6,13-15,22,25-27,34,42,44H,7-12,16-17,39H2,(H,40,46)(H,41,45)(H,47,48)(H,50,51)(H,52,53)(H,54,55)(H,57,58)/t22?,25-,26-,27-,34?/m0/s1. The minimum atomic E-state index is -5.36. The van der Waals surface area contributed by atoms with Crippen LogP contribution in [0.4, 0.5) is 5.69 Å². The van der Waals surface area contributed by atoms with Crippen molar-refractivity contribution in [2.24, 2.45) is 11.7 Å². The highest BCUT2D eigenvalue weighted by atomic mass is 32.2. The van der Waals surface area contributed by atoms with E-state index >= 15 is 0 Å². The Hall–Kier alpha value is -6.51. The van der Waals surface area contributed by atoms with E-state index < -0.39 is 124 Å². The molecular weight excluding hydrogens is 911 g/mol. The van der Waals surface area contributed by atoms with Gasteiger partial charge in [-0.3, -0.25) is 38.1 Å². The number of carboxylic acid groups (broad SMARTS) is 4. The number of hydrogen-bond donors (Lipinski definition) is 10. The van der Waals surface area contributed by atoms with Gasteiger partial charge in [0.05, 0.1) is 17.9 Å². The van der Waals surface area contributed by atoms with E-state index in [1.54, 1.807) is 17.6 Å². The minimum absolute atomic E-state index is 0.0904. The van der Waals surface area contributed by atoms with Crippen molar-refractivity contribution in [3.8, 4) is 11.5 Å². The van der Waals surface area contributed by atoms with Gasteiger partial charge in [0, 0.05) is 60.2 Å². The van der Waals surface area contributed by atoms with Crippen molar-refractivity contribution in [1.82, 2.24) is 10.8 Å². The first-order valence-corrected chi connectivity index (χ1v) is 21.5. The maximum Gasteiger partial charge on any atom is 0.501 e. The number of nitrogens with one attached hydrogen (secondary N) is 3. The molecule has 65 heavy (non-hydrogen) atoms. The molecule has 0 saturated heterocycles. The SMILES string of the molecule is N[C@@H](CCC(=O)OC(=O)[C@H](COP(=O)(O)OON[C@@H](CCC(=O)O)C(=O)O)NC(=O)CCSCC(=O)Nc1ccc(C2c3ccc(O)cc3OC3=CC(=O)C=CC32)c(C(=O)O)c1)C(=O)O. The van der Waals surface area contributed by atoms with Gasteiger partial charge in [-0.25, -0.2) is 14.2 Å². The molecule has 0 spiro atoms. The molecule has 0 bridgehead atoms. The molecule has 1 aliphatic heterocycles. The fraction of sp³-hybridized carbons (Fsp3) is 0.342. The zero-order valence-corrected chi connectivity index (χ0v) is 35.2. The molecule has 0 aromatic heterocycles. The highest BCUT2D eigenvalue weighted by molar-refractivity contribution is 7.99. The Morgan fingerprint density at radius 2 is 1.62 bits per heavy atom. The van der Waals surface area contributed by atoms with E-state index in [9.17, 15) is 62.8 Å². The third kappa shape index (κ3) is 15.6. The maximum atomic E-state index is 12.9. The molecule has 25 nitrogen and oxygen atoms in total. The van der Waals surface area contributed by atoms with Crippen LogP contribution in [0.15, 0.2) is 60.4 Å². The van der Waals surface area contributed by atoms with Gasteiger partial charge in [0.15, 0.2) is 11.8 Å². The number of carboxylic acids is 4. The number of esters is 2. The lowest BCUT2D eigenvalue weighted by atomic mass is 9.74. The van der Waals surface area contributed by atoms with Crippen molar-refractivity contribution in [2.75, 3.05) is 23.4 Å². The van der Waals surface area contributed by atoms with Gasteiger partial charge >= 0.3 is 43.6 Å². The molecule has 3 unspecified atom stereocenters. The molecule has 0 fully saturated rings. The number of ether oxygens (including phenoxy) is 2. The van der Waals surface area contributed by atoms with Crippen molar-refractivity contribution in [1.29, 1.82) is 0 Å². The molecule has 2 aliphatic rings. The molecule has 2 aromatic carbocycles. The third-order valence-electron chi connectivity index (χ3n) is 9.09. The predicted octanol–water partition coefficient (Wildman–Crippen LogP) is 0.950. The summed E-state index contributed by atoms with van der Waals surface area (Å²) in [5.74, 6) is -11.8. The number of phosphoric ester groups is 1. The molecule has 0 radical (unpaired) electrons. The number of aromatic hydroxyl groups is 1. The van der Waals surface area contributed by atoms with Gasteiger partial charge in [-0.2, -0.15) is 17.2 Å². The molecular formula is C38H41N4O21PS. The molecule has 1 heterocycles. The van der Waals surface area contributed by atoms with E-state index in [-0.39, 0.29) is 45.8 Å². The van der Waals surface area contributed by atoms with Crippen LogP contribution in [-0.4, -0.2) is 120 Å². The average molecular weight is 953 g/mol. The van der Waals surface area contributed by atoms with E-state index in [0.29, 0.717) is 11.1 Å². The van der Waals surface area contributed by atoms with Crippen LogP contribution in [0.2, 0.25) is 0 Å². The lowest BCUT2D eigenvalue weighted by Gasteiger charge is -2.35. The summed E-state index contributed by atoms with van der Waals surface area (Å²) in [4.78, 5) is 123. The number of amides is 2. The quantitative estimate of drug-likeness (QED) is 0.0165. The fourth-order valence-corrected chi connectivity index (χ4v) is 7.25. The zero-order chi connectivity index (χ0) is 48.0. The number of phosphoric acid groups is 1. The van der Waals surface area contributed by atoms with Gasteiger partial charge in [0.1, 0.15) is 29.3 Å². The molecule has 0 saturated carbocycles. The van der Waals surface area contributed by atoms with Crippen LogP contribution in [-0.2, 0) is 61.8 Å². The van der Waals surface area contributed by atoms with Gasteiger partial charge in [0.2, 0.25) is 11.8 Å². The van der Waals surface area contributed by atoms with Gasteiger partial charge in [-0.05, 0) is 42.7 Å². The monoisotopic (exact) mass is 952 g/mol. The molecule has 350 valence electrons. The van der Waals surface area contributed by atoms with Crippen LogP contribution in [0, 0.1) is 5.92 Å². The molecule has 2 aromatic rings. The number of fused-ring (bicyclic) bond motifs is 2. The van der Waals surface area contributed by atoms with Gasteiger partial charge in [-0.15, -0.1) is 9.66 Å². The summed E-state index contributed by atoms with van der Waals surface area (Å²) in [5, 5.41) is 51.7. The van der Waals surface area contributed by atoms with Crippen LogP contribution in [0.1, 0.15) is 59.5 Å². The number of carbonyl (C=O) groups excluding carboxylic acids is 5. The number of aromatic carboxylic acids is 1. The van der Waals surface area contributed by atoms with Crippen LogP contribution < -0.4 is 26.6 Å². The fourth-order valence-electron chi connectivity index (χ4n) is 6.00. The smallest absolute Gasteiger partial charge is 0.501 e. The summed E-state index contributed by atoms with van der Waals surface area (Å²) in [6.07, 6.45) is 1.45. The summed E-state index contributed by atoms with van der Waals surface area (Å²) in [6, 6.07) is 3.30. The van der Waals surface area contributed by atoms with E-state index in [2.05, 4.69) is 29.6 Å². The lowest BCUT2D eigenvalue weighted by molar-refractivity contribution is -0.280. The van der Waals surface area contributed by atoms with Crippen molar-refractivity contribution >= 4 is 78.7 Å². The Labute approximate surface area is 370 Å². The summed E-state index contributed by atoms with van der Waals surface area (Å²) < 4.78 is 31.6. The Morgan fingerprint density at radius 1 is 0.892 bits per heavy atom. The number of ketones is 1. The molecule has 2 amide bonds. The highest BCUT2D eigenvalue weighted by Crippen LogP contribution is 2.49. The Morgan fingerprint density at radius 3 is 2.29 bits per heavy atom. The molecule has 4 rings (SSSR count). The van der Waals surface area contributed by atoms with E-state index in [1.807, 2.05) is 0 Å². The topological polar surface area (TPSA) is 400 Å². The number of thioether (sulfide) groups is 1. The van der Waals surface area contributed by atoms with Crippen molar-refractivity contribution < 1.29 is 102 Å². The number of benzene rings is 2. The molecule has 27 heteroatoms. The Kier molecular flexibility index (Phi) is 18.4. The number of hydroxylamine groups is 1. The van der Waals surface area contributed by atoms with Gasteiger partial charge in [-0.1, -0.05) is 18.2 Å². The normalized spacial score (nSPS) is 17.3. The van der Waals surface area contributed by atoms with E-state index in [0.717, 1.165) is 11.8 Å². The Bertz CT molecular complexity index is 2320. The van der Waals surface area contributed by atoms with Gasteiger partial charge < -0.3 is 56.3 Å². The van der Waals surface area contributed by atoms with Crippen LogP contribution in [0.25, 0.3) is 0 Å². The second-order valence-electron chi connectivity index (χ2n) is 13.9. The maximum absolute atomic E-state index is 12.9. The first-order chi connectivity index (χ1) is 30.6. The predicted molar refractivity (Wildman–Crippen MR) is 218 cm³/mol. The molecule has 1 aliphatic carbocycles. The number of aliphatic carboxylic acids is 3. The summed E-state index contributed by atoms with van der Waals surface area (Å²) in [5.41, 5.74) is 7.80. The highest BCUT2D eigenvalue weighted by Gasteiger charge is 2.39. The number of anilines is 1. The first-order valence-electron chi connectivity index (χ1n) is 18.9. The van der Waals surface area contributed by atoms with Crippen LogP contribution >= 0.6 is 19.6 Å². The number of phenolic OH excluding ortho intramolecular Hbond substituents is 1. The number of rotatable bonds is 25. The number of allylic oxidation sites excluding steroid dienone is 3.